The number of benzene rings is 1. The van der Waals surface area contributed by atoms with Crippen molar-refractivity contribution in [2.45, 2.75) is 46.6 Å². The zero-order valence-electron chi connectivity index (χ0n) is 22.7. The first kappa shape index (κ1) is 28.1. The van der Waals surface area contributed by atoms with Gasteiger partial charge >= 0.3 is 0 Å². The van der Waals surface area contributed by atoms with Crippen molar-refractivity contribution in [1.29, 1.82) is 0 Å². The van der Waals surface area contributed by atoms with Crippen LogP contribution in [-0.4, -0.2) is 56.4 Å². The number of aromatic nitrogens is 1. The van der Waals surface area contributed by atoms with Crippen LogP contribution in [0.4, 0.5) is 5.82 Å². The Bertz CT molecular complexity index is 1060. The highest BCUT2D eigenvalue weighted by Crippen LogP contribution is 2.32. The summed E-state index contributed by atoms with van der Waals surface area (Å²) in [4.78, 5) is 11.5. The van der Waals surface area contributed by atoms with Gasteiger partial charge in [-0.15, -0.1) is 0 Å². The molecule has 1 aliphatic rings. The van der Waals surface area contributed by atoms with Gasteiger partial charge in [-0.3, -0.25) is 4.99 Å². The molecular weight excluding hydrogens is 430 g/mol. The third-order valence-electron chi connectivity index (χ3n) is 5.83. The number of rotatable bonds is 8. The van der Waals surface area contributed by atoms with E-state index in [4.69, 9.17) is 4.98 Å². The smallest absolute Gasteiger partial charge is 0.134 e. The topological polar surface area (TPSA) is 52.6 Å². The number of allylic oxidation sites excluding steroid dienone is 4. The maximum Gasteiger partial charge on any atom is 0.134 e. The first-order valence-electron chi connectivity index (χ1n) is 12.7. The van der Waals surface area contributed by atoms with Crippen molar-refractivity contribution < 1.29 is 0 Å². The molecule has 35 heavy (non-hydrogen) atoms. The van der Waals surface area contributed by atoms with Gasteiger partial charge < -0.3 is 15.5 Å². The number of nitrogens with one attached hydrogen (secondary N) is 2. The van der Waals surface area contributed by atoms with Crippen molar-refractivity contribution in [3.05, 3.63) is 72.0 Å². The summed E-state index contributed by atoms with van der Waals surface area (Å²) in [5, 5.41) is 7.22. The normalized spacial score (nSPS) is 16.5. The molecule has 2 N–H and O–H groups in total. The monoisotopic (exact) mass is 473 g/mol. The van der Waals surface area contributed by atoms with E-state index in [0.29, 0.717) is 6.04 Å². The Labute approximate surface area is 212 Å². The molecule has 3 rings (SSSR count). The number of pyridine rings is 1. The molecular formula is C30H43N5. The van der Waals surface area contributed by atoms with Crippen LogP contribution in [-0.2, 0) is 0 Å². The number of anilines is 1. The fraction of sp³-hybridized carbons (Fsp3) is 0.400. The Morgan fingerprint density at radius 3 is 2.60 bits per heavy atom. The van der Waals surface area contributed by atoms with Crippen LogP contribution in [0.15, 0.2) is 60.3 Å². The molecule has 0 saturated carbocycles. The van der Waals surface area contributed by atoms with E-state index in [-0.39, 0.29) is 0 Å². The van der Waals surface area contributed by atoms with Crippen LogP contribution >= 0.6 is 0 Å². The van der Waals surface area contributed by atoms with Gasteiger partial charge in [-0.2, -0.15) is 0 Å². The molecule has 1 aromatic heterocycles. The molecule has 1 fully saturated rings. The molecule has 2 heterocycles. The van der Waals surface area contributed by atoms with Gasteiger partial charge in [0.05, 0.1) is 5.69 Å². The zero-order valence-corrected chi connectivity index (χ0v) is 22.7. The Morgan fingerprint density at radius 2 is 2.00 bits per heavy atom. The van der Waals surface area contributed by atoms with E-state index in [1.807, 2.05) is 52.1 Å². The summed E-state index contributed by atoms with van der Waals surface area (Å²) in [5.74, 6) is 0.912. The maximum atomic E-state index is 5.18. The number of hydrogen-bond acceptors (Lipinski definition) is 5. The standard InChI is InChI=1S/C28H37N5.C2H6/c1-7-21(17-29-4)26-15-20(3)27(32-28(26)31-25-13-10-14-30-18-25)24-12-9-11-23(16-24)22(8-2)19-33(5)6;1-2/h7-9,11-12,15-17,19,25,30H,2,10,13-14,18H2,1,3-6H3,(H,31,32);1-2H3/b21-7+,22-19+,29-17?;. The molecule has 5 nitrogen and oxygen atoms in total. The quantitative estimate of drug-likeness (QED) is 0.342. The van der Waals surface area contributed by atoms with Gasteiger partial charge in [0.25, 0.3) is 0 Å². The first-order valence-corrected chi connectivity index (χ1v) is 12.7. The van der Waals surface area contributed by atoms with E-state index in [2.05, 4.69) is 71.7 Å². The van der Waals surface area contributed by atoms with Crippen LogP contribution in [0.5, 0.6) is 0 Å². The Morgan fingerprint density at radius 1 is 1.23 bits per heavy atom. The molecule has 1 saturated heterocycles. The van der Waals surface area contributed by atoms with Gasteiger partial charge in [-0.25, -0.2) is 4.98 Å². The second-order valence-electron chi connectivity index (χ2n) is 8.70. The zero-order chi connectivity index (χ0) is 25.8. The molecule has 188 valence electrons. The summed E-state index contributed by atoms with van der Waals surface area (Å²) < 4.78 is 0. The molecule has 1 atom stereocenters. The summed E-state index contributed by atoms with van der Waals surface area (Å²) in [6.45, 7) is 14.2. The first-order chi connectivity index (χ1) is 17.0. The Hall–Kier alpha value is -3.18. The number of piperidine rings is 1. The van der Waals surface area contributed by atoms with Gasteiger partial charge in [0.15, 0.2) is 0 Å². The lowest BCUT2D eigenvalue weighted by Gasteiger charge is -2.26. The van der Waals surface area contributed by atoms with Gasteiger partial charge in [0.2, 0.25) is 0 Å². The van der Waals surface area contributed by atoms with Crippen molar-refractivity contribution >= 4 is 23.2 Å². The largest absolute Gasteiger partial charge is 0.383 e. The molecule has 1 aromatic carbocycles. The van der Waals surface area contributed by atoms with Crippen molar-refractivity contribution in [1.82, 2.24) is 15.2 Å². The lowest BCUT2D eigenvalue weighted by atomic mass is 9.97. The Balaban J connectivity index is 0.00000210. The average molecular weight is 474 g/mol. The lowest BCUT2D eigenvalue weighted by molar-refractivity contribution is 0.479. The summed E-state index contributed by atoms with van der Waals surface area (Å²) in [6.07, 6.45) is 10.3. The van der Waals surface area contributed by atoms with Crippen molar-refractivity contribution in [2.75, 3.05) is 39.5 Å². The van der Waals surface area contributed by atoms with Crippen molar-refractivity contribution in [3.8, 4) is 11.3 Å². The van der Waals surface area contributed by atoms with Crippen LogP contribution in [0.3, 0.4) is 0 Å². The van der Waals surface area contributed by atoms with E-state index in [1.165, 1.54) is 6.42 Å². The van der Waals surface area contributed by atoms with E-state index in [0.717, 1.165) is 64.4 Å². The minimum absolute atomic E-state index is 0.360. The highest BCUT2D eigenvalue weighted by molar-refractivity contribution is 6.11. The van der Waals surface area contributed by atoms with Gasteiger partial charge in [-0.05, 0) is 67.6 Å². The molecule has 0 radical (unpaired) electrons. The van der Waals surface area contributed by atoms with Crippen LogP contribution < -0.4 is 10.6 Å². The number of hydrogen-bond donors (Lipinski definition) is 2. The molecule has 0 spiro atoms. The van der Waals surface area contributed by atoms with Crippen LogP contribution in [0.1, 0.15) is 50.3 Å². The minimum atomic E-state index is 0.360. The molecule has 0 amide bonds. The minimum Gasteiger partial charge on any atom is -0.383 e. The van der Waals surface area contributed by atoms with E-state index < -0.39 is 0 Å². The van der Waals surface area contributed by atoms with Crippen molar-refractivity contribution in [3.63, 3.8) is 0 Å². The average Bonchev–Trinajstić information content (AvgIpc) is 2.88. The highest BCUT2D eigenvalue weighted by Gasteiger charge is 2.18. The highest BCUT2D eigenvalue weighted by atomic mass is 15.1. The summed E-state index contributed by atoms with van der Waals surface area (Å²) in [7, 11) is 5.85. The SMILES string of the molecule is C=C/C(=C\N(C)C)c1cccc(-c2nc(NC3CCCNC3)c(/C(C=NC)=C/C)cc2C)c1.CC. The molecule has 1 aliphatic heterocycles. The third kappa shape index (κ3) is 7.66. The molecule has 1 unspecified atom stereocenters. The van der Waals surface area contributed by atoms with E-state index in [9.17, 15) is 0 Å². The summed E-state index contributed by atoms with van der Waals surface area (Å²) in [6, 6.07) is 11.1. The van der Waals surface area contributed by atoms with Gasteiger partial charge in [0, 0.05) is 57.3 Å². The van der Waals surface area contributed by atoms with Crippen molar-refractivity contribution in [2.24, 2.45) is 4.99 Å². The predicted molar refractivity (Wildman–Crippen MR) is 155 cm³/mol. The predicted octanol–water partition coefficient (Wildman–Crippen LogP) is 6.44. The summed E-state index contributed by atoms with van der Waals surface area (Å²) >= 11 is 0. The van der Waals surface area contributed by atoms with Crippen LogP contribution in [0, 0.1) is 6.92 Å². The number of nitrogens with zero attached hydrogens (tertiary/aromatic N) is 3. The summed E-state index contributed by atoms with van der Waals surface area (Å²) in [5.41, 5.74) is 7.59. The van der Waals surface area contributed by atoms with Gasteiger partial charge in [-0.1, -0.05) is 50.8 Å². The fourth-order valence-corrected chi connectivity index (χ4v) is 4.21. The van der Waals surface area contributed by atoms with Crippen LogP contribution in [0.2, 0.25) is 0 Å². The Kier molecular flexibility index (Phi) is 11.4. The number of aryl methyl sites for hydroxylation is 1. The van der Waals surface area contributed by atoms with Gasteiger partial charge in [0.1, 0.15) is 5.82 Å². The van der Waals surface area contributed by atoms with Crippen LogP contribution in [0.25, 0.3) is 22.4 Å². The third-order valence-corrected chi connectivity index (χ3v) is 5.83. The number of aliphatic imine (C=N–C) groups is 1. The molecule has 2 aromatic rings. The van der Waals surface area contributed by atoms with E-state index in [1.54, 1.807) is 7.05 Å². The molecule has 5 heteroatoms. The van der Waals surface area contributed by atoms with E-state index >= 15 is 0 Å². The second-order valence-corrected chi connectivity index (χ2v) is 8.70. The molecule has 0 bridgehead atoms. The molecule has 0 aliphatic carbocycles. The maximum absolute atomic E-state index is 5.18. The second kappa shape index (κ2) is 14.3. The fourth-order valence-electron chi connectivity index (χ4n) is 4.21. The lowest BCUT2D eigenvalue weighted by Crippen LogP contribution is -2.38.